The zero-order chi connectivity index (χ0) is 15.8. The average molecular weight is 307 g/mol. The lowest BCUT2D eigenvalue weighted by atomic mass is 9.87. The van der Waals surface area contributed by atoms with Crippen LogP contribution in [0.15, 0.2) is 48.5 Å². The molecule has 1 atom stereocenters. The van der Waals surface area contributed by atoms with Crippen molar-refractivity contribution in [3.8, 4) is 5.75 Å². The Morgan fingerprint density at radius 3 is 2.61 bits per heavy atom. The number of benzene rings is 2. The van der Waals surface area contributed by atoms with Gasteiger partial charge in [-0.1, -0.05) is 36.4 Å². The van der Waals surface area contributed by atoms with E-state index in [9.17, 15) is 4.79 Å². The number of fused-ring (bicyclic) bond motifs is 1. The maximum absolute atomic E-state index is 12.8. The Morgan fingerprint density at radius 1 is 1.13 bits per heavy atom. The van der Waals surface area contributed by atoms with Gasteiger partial charge in [-0.25, -0.2) is 0 Å². The van der Waals surface area contributed by atoms with Crippen LogP contribution < -0.4 is 4.74 Å². The zero-order valence-corrected chi connectivity index (χ0v) is 13.4. The van der Waals surface area contributed by atoms with Gasteiger partial charge >= 0.3 is 0 Å². The molecule has 0 N–H and O–H groups in total. The second-order valence-corrected chi connectivity index (χ2v) is 6.43. The SMILES string of the molecule is COc1ccc2c(c1)C(c1ccccc1)N(C(=O)C1CC1)CC2. The fourth-order valence-corrected chi connectivity index (χ4v) is 3.52. The largest absolute Gasteiger partial charge is 0.497 e. The molecule has 1 amide bonds. The Kier molecular flexibility index (Phi) is 3.56. The molecule has 1 unspecified atom stereocenters. The van der Waals surface area contributed by atoms with Gasteiger partial charge in [0.2, 0.25) is 5.91 Å². The summed E-state index contributed by atoms with van der Waals surface area (Å²) in [5, 5.41) is 0. The molecule has 0 saturated heterocycles. The van der Waals surface area contributed by atoms with E-state index in [1.165, 1.54) is 16.7 Å². The van der Waals surface area contributed by atoms with Crippen LogP contribution in [0.25, 0.3) is 0 Å². The number of rotatable bonds is 3. The molecule has 0 aromatic heterocycles. The van der Waals surface area contributed by atoms with E-state index in [4.69, 9.17) is 4.74 Å². The van der Waals surface area contributed by atoms with Gasteiger partial charge in [0.25, 0.3) is 0 Å². The number of carbonyl (C=O) groups is 1. The van der Waals surface area contributed by atoms with Crippen LogP contribution in [-0.4, -0.2) is 24.5 Å². The van der Waals surface area contributed by atoms with Crippen LogP contribution >= 0.6 is 0 Å². The Bertz CT molecular complexity index is 722. The van der Waals surface area contributed by atoms with Crippen molar-refractivity contribution in [3.63, 3.8) is 0 Å². The number of nitrogens with zero attached hydrogens (tertiary/aromatic N) is 1. The Hall–Kier alpha value is -2.29. The van der Waals surface area contributed by atoms with Crippen molar-refractivity contribution in [1.29, 1.82) is 0 Å². The van der Waals surface area contributed by atoms with E-state index >= 15 is 0 Å². The van der Waals surface area contributed by atoms with Gasteiger partial charge in [0.1, 0.15) is 5.75 Å². The standard InChI is InChI=1S/C20H21NO2/c1-23-17-10-9-14-11-12-21(20(22)16-7-8-16)19(18(14)13-17)15-5-3-2-4-6-15/h2-6,9-10,13,16,19H,7-8,11-12H2,1H3. The Balaban J connectivity index is 1.81. The number of carbonyl (C=O) groups excluding carboxylic acids is 1. The van der Waals surface area contributed by atoms with Gasteiger partial charge in [-0.05, 0) is 48.1 Å². The number of hydrogen-bond donors (Lipinski definition) is 0. The molecule has 1 aliphatic carbocycles. The number of methoxy groups -OCH3 is 1. The minimum absolute atomic E-state index is 0.00292. The van der Waals surface area contributed by atoms with Gasteiger partial charge in [0.15, 0.2) is 0 Å². The minimum Gasteiger partial charge on any atom is -0.497 e. The van der Waals surface area contributed by atoms with Crippen molar-refractivity contribution in [2.24, 2.45) is 5.92 Å². The molecule has 1 heterocycles. The molecule has 0 spiro atoms. The van der Waals surface area contributed by atoms with Crippen molar-refractivity contribution in [2.45, 2.75) is 25.3 Å². The second-order valence-electron chi connectivity index (χ2n) is 6.43. The van der Waals surface area contributed by atoms with Crippen LogP contribution in [0.2, 0.25) is 0 Å². The summed E-state index contributed by atoms with van der Waals surface area (Å²) < 4.78 is 5.42. The molecule has 1 saturated carbocycles. The van der Waals surface area contributed by atoms with E-state index in [1.807, 2.05) is 24.3 Å². The second kappa shape index (κ2) is 5.73. The predicted molar refractivity (Wildman–Crippen MR) is 89.4 cm³/mol. The fraction of sp³-hybridized carbons (Fsp3) is 0.350. The smallest absolute Gasteiger partial charge is 0.226 e. The van der Waals surface area contributed by atoms with E-state index in [0.29, 0.717) is 5.91 Å². The topological polar surface area (TPSA) is 29.5 Å². The summed E-state index contributed by atoms with van der Waals surface area (Å²) in [6.45, 7) is 0.800. The molecule has 1 aliphatic heterocycles. The molecule has 3 heteroatoms. The van der Waals surface area contributed by atoms with Crippen LogP contribution in [0.3, 0.4) is 0 Å². The van der Waals surface area contributed by atoms with Crippen molar-refractivity contribution >= 4 is 5.91 Å². The summed E-state index contributed by atoms with van der Waals surface area (Å²) in [7, 11) is 1.69. The lowest BCUT2D eigenvalue weighted by Gasteiger charge is -2.38. The number of hydrogen-bond acceptors (Lipinski definition) is 2. The van der Waals surface area contributed by atoms with Gasteiger partial charge in [-0.2, -0.15) is 0 Å². The van der Waals surface area contributed by atoms with Gasteiger partial charge in [-0.3, -0.25) is 4.79 Å². The van der Waals surface area contributed by atoms with Crippen LogP contribution in [0.1, 0.15) is 35.6 Å². The van der Waals surface area contributed by atoms with E-state index in [0.717, 1.165) is 31.6 Å². The monoisotopic (exact) mass is 307 g/mol. The van der Waals surface area contributed by atoms with Gasteiger partial charge in [0.05, 0.1) is 13.2 Å². The van der Waals surface area contributed by atoms with E-state index in [2.05, 4.69) is 29.2 Å². The lowest BCUT2D eigenvalue weighted by Crippen LogP contribution is -2.41. The molecule has 2 aromatic rings. The van der Waals surface area contributed by atoms with Gasteiger partial charge in [0, 0.05) is 12.5 Å². The molecule has 0 bridgehead atoms. The van der Waals surface area contributed by atoms with Crippen LogP contribution in [0.4, 0.5) is 0 Å². The minimum atomic E-state index is 0.00292. The molecular formula is C20H21NO2. The number of amides is 1. The van der Waals surface area contributed by atoms with Crippen molar-refractivity contribution in [1.82, 2.24) is 4.90 Å². The first kappa shape index (κ1) is 14.3. The maximum Gasteiger partial charge on any atom is 0.226 e. The third-order valence-corrected chi connectivity index (χ3v) is 4.91. The Morgan fingerprint density at radius 2 is 1.91 bits per heavy atom. The lowest BCUT2D eigenvalue weighted by molar-refractivity contribution is -0.134. The molecule has 23 heavy (non-hydrogen) atoms. The summed E-state index contributed by atoms with van der Waals surface area (Å²) in [5.41, 5.74) is 3.70. The first-order chi connectivity index (χ1) is 11.3. The first-order valence-corrected chi connectivity index (χ1v) is 8.30. The quantitative estimate of drug-likeness (QED) is 0.867. The van der Waals surface area contributed by atoms with Crippen molar-refractivity contribution in [2.75, 3.05) is 13.7 Å². The average Bonchev–Trinajstić information content (AvgIpc) is 3.45. The molecule has 3 nitrogen and oxygen atoms in total. The summed E-state index contributed by atoms with van der Waals surface area (Å²) in [4.78, 5) is 14.9. The fourth-order valence-electron chi connectivity index (χ4n) is 3.52. The summed E-state index contributed by atoms with van der Waals surface area (Å²) in [6, 6.07) is 16.6. The molecule has 1 fully saturated rings. The van der Waals surface area contributed by atoms with E-state index < -0.39 is 0 Å². The highest BCUT2D eigenvalue weighted by Crippen LogP contribution is 2.40. The van der Waals surface area contributed by atoms with Crippen molar-refractivity contribution < 1.29 is 9.53 Å². The molecule has 4 rings (SSSR count). The van der Waals surface area contributed by atoms with E-state index in [-0.39, 0.29) is 12.0 Å². The van der Waals surface area contributed by atoms with Crippen LogP contribution in [-0.2, 0) is 11.2 Å². The zero-order valence-electron chi connectivity index (χ0n) is 13.4. The summed E-state index contributed by atoms with van der Waals surface area (Å²) >= 11 is 0. The molecule has 2 aromatic carbocycles. The van der Waals surface area contributed by atoms with Crippen molar-refractivity contribution in [3.05, 3.63) is 65.2 Å². The van der Waals surface area contributed by atoms with E-state index in [1.54, 1.807) is 7.11 Å². The first-order valence-electron chi connectivity index (χ1n) is 8.30. The van der Waals surface area contributed by atoms with Gasteiger partial charge < -0.3 is 9.64 Å². The highest BCUT2D eigenvalue weighted by molar-refractivity contribution is 5.82. The third kappa shape index (κ3) is 2.61. The van der Waals surface area contributed by atoms with Crippen LogP contribution in [0.5, 0.6) is 5.75 Å². The third-order valence-electron chi connectivity index (χ3n) is 4.91. The predicted octanol–water partition coefficient (Wildman–Crippen LogP) is 3.58. The molecule has 2 aliphatic rings. The summed E-state index contributed by atoms with van der Waals surface area (Å²) in [5.74, 6) is 1.41. The van der Waals surface area contributed by atoms with Gasteiger partial charge in [-0.15, -0.1) is 0 Å². The molecule has 118 valence electrons. The highest BCUT2D eigenvalue weighted by Gasteiger charge is 2.39. The summed E-state index contributed by atoms with van der Waals surface area (Å²) in [6.07, 6.45) is 3.00. The molecular weight excluding hydrogens is 286 g/mol. The highest BCUT2D eigenvalue weighted by atomic mass is 16.5. The maximum atomic E-state index is 12.8. The Labute approximate surface area is 136 Å². The van der Waals surface area contributed by atoms with Crippen LogP contribution in [0, 0.1) is 5.92 Å². The normalized spacial score (nSPS) is 20.0. The number of ether oxygens (including phenoxy) is 1. The molecule has 0 radical (unpaired) electrons.